The van der Waals surface area contributed by atoms with Gasteiger partial charge in [0.1, 0.15) is 0 Å². The van der Waals surface area contributed by atoms with Gasteiger partial charge in [-0.3, -0.25) is 4.79 Å². The van der Waals surface area contributed by atoms with Crippen LogP contribution in [0.1, 0.15) is 42.5 Å². The van der Waals surface area contributed by atoms with Crippen LogP contribution in [0.15, 0.2) is 28.7 Å². The number of nitrogens with zero attached hydrogens (tertiary/aromatic N) is 1. The molecule has 2 aliphatic rings. The fourth-order valence-electron chi connectivity index (χ4n) is 4.05. The van der Waals surface area contributed by atoms with Gasteiger partial charge in [-0.15, -0.1) is 0 Å². The van der Waals surface area contributed by atoms with Crippen LogP contribution in [0, 0.1) is 5.92 Å². The lowest BCUT2D eigenvalue weighted by Gasteiger charge is -2.44. The van der Waals surface area contributed by atoms with E-state index in [1.807, 2.05) is 6.07 Å². The van der Waals surface area contributed by atoms with E-state index in [1.165, 1.54) is 19.3 Å². The number of ether oxygens (including phenoxy) is 1. The van der Waals surface area contributed by atoms with E-state index >= 15 is 0 Å². The maximum absolute atomic E-state index is 12.6. The van der Waals surface area contributed by atoms with Gasteiger partial charge in [0.25, 0.3) is 5.91 Å². The number of carbonyl (C=O) groups excluding carboxylic acids is 1. The van der Waals surface area contributed by atoms with Crippen molar-refractivity contribution in [3.05, 3.63) is 34.3 Å². The van der Waals surface area contributed by atoms with E-state index in [0.29, 0.717) is 28.6 Å². The Hall–Kier alpha value is -0.0400. The molecule has 2 saturated heterocycles. The molecule has 2 fully saturated rings. The summed E-state index contributed by atoms with van der Waals surface area (Å²) in [7, 11) is 0. The van der Waals surface area contributed by atoms with E-state index in [9.17, 15) is 4.79 Å². The molecule has 0 bridgehead atoms. The Kier molecular flexibility index (Phi) is 7.73. The van der Waals surface area contributed by atoms with Gasteiger partial charge in [-0.2, -0.15) is 0 Å². The molecular formula is C19H24BrCl3N2O2. The molecule has 0 aliphatic carbocycles. The number of amides is 1. The van der Waals surface area contributed by atoms with Crippen molar-refractivity contribution in [2.24, 2.45) is 5.92 Å². The highest BCUT2D eigenvalue weighted by molar-refractivity contribution is 9.10. The summed E-state index contributed by atoms with van der Waals surface area (Å²) in [6.07, 6.45) is 4.96. The molecule has 3 rings (SSSR count). The number of nitrogens with one attached hydrogen (secondary N) is 1. The molecule has 0 unspecified atom stereocenters. The zero-order chi connectivity index (χ0) is 19.4. The van der Waals surface area contributed by atoms with Crippen molar-refractivity contribution in [3.63, 3.8) is 0 Å². The van der Waals surface area contributed by atoms with E-state index in [4.69, 9.17) is 39.5 Å². The standard InChI is InChI=1S/C19H24BrCl3N2O2/c20-15-8-2-1-7-14(15)17(26)24-18(19(21,22)23)27-12-13-6-5-11-25-10-4-3-9-16(13)25/h1-2,7-8,13,16,18H,3-6,9-12H2,(H,24,26)/t13-,16+,18-/m1/s1. The lowest BCUT2D eigenvalue weighted by atomic mass is 9.84. The smallest absolute Gasteiger partial charge is 0.254 e. The van der Waals surface area contributed by atoms with Crippen LogP contribution in [-0.2, 0) is 4.74 Å². The lowest BCUT2D eigenvalue weighted by Crippen LogP contribution is -2.51. The Morgan fingerprint density at radius 3 is 2.70 bits per heavy atom. The van der Waals surface area contributed by atoms with Crippen LogP contribution in [0.4, 0.5) is 0 Å². The van der Waals surface area contributed by atoms with E-state index < -0.39 is 10.0 Å². The first kappa shape index (κ1) is 21.7. The van der Waals surface area contributed by atoms with Gasteiger partial charge >= 0.3 is 0 Å². The topological polar surface area (TPSA) is 41.6 Å². The zero-order valence-corrected chi connectivity index (χ0v) is 18.8. The van der Waals surface area contributed by atoms with E-state index in [-0.39, 0.29) is 5.91 Å². The van der Waals surface area contributed by atoms with E-state index in [0.717, 1.165) is 25.9 Å². The third-order valence-electron chi connectivity index (χ3n) is 5.38. The second-order valence-electron chi connectivity index (χ2n) is 7.21. The van der Waals surface area contributed by atoms with Gasteiger partial charge in [0.15, 0.2) is 6.23 Å². The highest BCUT2D eigenvalue weighted by atomic mass is 79.9. The van der Waals surface area contributed by atoms with Crippen molar-refractivity contribution >= 4 is 56.6 Å². The van der Waals surface area contributed by atoms with Gasteiger partial charge in [0, 0.05) is 10.5 Å². The second-order valence-corrected chi connectivity index (χ2v) is 10.4. The molecule has 0 aromatic heterocycles. The molecular weight excluding hydrogens is 474 g/mol. The summed E-state index contributed by atoms with van der Waals surface area (Å²) in [5.74, 6) is 0.0519. The number of carbonyl (C=O) groups is 1. The first-order valence-electron chi connectivity index (χ1n) is 9.34. The fourth-order valence-corrected chi connectivity index (χ4v) is 4.87. The van der Waals surface area contributed by atoms with Gasteiger partial charge in [-0.05, 0) is 72.8 Å². The number of rotatable bonds is 5. The SMILES string of the molecule is O=C(N[C@H](OC[C@H]1CCCN2CCCC[C@@H]12)C(Cl)(Cl)Cl)c1ccccc1Br. The largest absolute Gasteiger partial charge is 0.354 e. The molecule has 1 N–H and O–H groups in total. The number of piperidine rings is 2. The summed E-state index contributed by atoms with van der Waals surface area (Å²) in [6.45, 7) is 2.79. The van der Waals surface area contributed by atoms with Crippen LogP contribution in [0.3, 0.4) is 0 Å². The summed E-state index contributed by atoms with van der Waals surface area (Å²) >= 11 is 21.7. The molecule has 2 aliphatic heterocycles. The van der Waals surface area contributed by atoms with Crippen LogP contribution in [-0.4, -0.2) is 46.6 Å². The molecule has 8 heteroatoms. The Balaban J connectivity index is 1.63. The molecule has 4 nitrogen and oxygen atoms in total. The van der Waals surface area contributed by atoms with Crippen LogP contribution in [0.25, 0.3) is 0 Å². The monoisotopic (exact) mass is 496 g/mol. The highest BCUT2D eigenvalue weighted by Crippen LogP contribution is 2.34. The summed E-state index contributed by atoms with van der Waals surface area (Å²) in [6, 6.07) is 7.64. The Morgan fingerprint density at radius 1 is 1.22 bits per heavy atom. The first-order valence-corrected chi connectivity index (χ1v) is 11.3. The highest BCUT2D eigenvalue weighted by Gasteiger charge is 2.38. The number of halogens is 4. The van der Waals surface area contributed by atoms with Crippen molar-refractivity contribution in [1.29, 1.82) is 0 Å². The quantitative estimate of drug-likeness (QED) is 0.451. The lowest BCUT2D eigenvalue weighted by molar-refractivity contribution is -0.0325. The summed E-state index contributed by atoms with van der Waals surface area (Å²) < 4.78 is 4.88. The van der Waals surface area contributed by atoms with Crippen LogP contribution < -0.4 is 5.32 Å². The zero-order valence-electron chi connectivity index (χ0n) is 15.0. The molecule has 27 heavy (non-hydrogen) atoms. The average molecular weight is 499 g/mol. The molecule has 1 aromatic rings. The minimum atomic E-state index is -1.75. The number of hydrogen-bond donors (Lipinski definition) is 1. The third-order valence-corrected chi connectivity index (χ3v) is 6.67. The predicted molar refractivity (Wildman–Crippen MR) is 114 cm³/mol. The van der Waals surface area contributed by atoms with Crippen LogP contribution in [0.2, 0.25) is 0 Å². The molecule has 0 spiro atoms. The van der Waals surface area contributed by atoms with E-state index in [1.54, 1.807) is 18.2 Å². The van der Waals surface area contributed by atoms with Crippen LogP contribution >= 0.6 is 50.7 Å². The number of alkyl halides is 3. The number of benzene rings is 1. The molecule has 2 heterocycles. The molecule has 0 radical (unpaired) electrons. The minimum Gasteiger partial charge on any atom is -0.354 e. The van der Waals surface area contributed by atoms with Crippen molar-refractivity contribution < 1.29 is 9.53 Å². The summed E-state index contributed by atoms with van der Waals surface area (Å²) in [5.41, 5.74) is 0.469. The van der Waals surface area contributed by atoms with Crippen molar-refractivity contribution in [2.75, 3.05) is 19.7 Å². The molecule has 0 saturated carbocycles. The van der Waals surface area contributed by atoms with Gasteiger partial charge < -0.3 is 15.0 Å². The minimum absolute atomic E-state index is 0.346. The Labute approximate surface area is 184 Å². The van der Waals surface area contributed by atoms with Gasteiger partial charge in [0.05, 0.1) is 12.2 Å². The first-order chi connectivity index (χ1) is 12.9. The van der Waals surface area contributed by atoms with Gasteiger partial charge in [-0.25, -0.2) is 0 Å². The van der Waals surface area contributed by atoms with Gasteiger partial charge in [-0.1, -0.05) is 53.4 Å². The van der Waals surface area contributed by atoms with Gasteiger partial charge in [0.2, 0.25) is 3.79 Å². The molecule has 1 aromatic carbocycles. The second kappa shape index (κ2) is 9.64. The summed E-state index contributed by atoms with van der Waals surface area (Å²) in [4.78, 5) is 15.2. The Morgan fingerprint density at radius 2 is 1.96 bits per heavy atom. The van der Waals surface area contributed by atoms with Crippen LogP contribution in [0.5, 0.6) is 0 Å². The maximum Gasteiger partial charge on any atom is 0.254 e. The average Bonchev–Trinajstić information content (AvgIpc) is 2.64. The molecule has 1 amide bonds. The number of hydrogen-bond acceptors (Lipinski definition) is 3. The van der Waals surface area contributed by atoms with Crippen molar-refractivity contribution in [1.82, 2.24) is 10.2 Å². The van der Waals surface area contributed by atoms with Crippen molar-refractivity contribution in [2.45, 2.75) is 48.2 Å². The third kappa shape index (κ3) is 5.74. The molecule has 150 valence electrons. The maximum atomic E-state index is 12.6. The fraction of sp³-hybridized carbons (Fsp3) is 0.632. The number of fused-ring (bicyclic) bond motifs is 1. The predicted octanol–water partition coefficient (Wildman–Crippen LogP) is 5.16. The molecule has 3 atom stereocenters. The summed E-state index contributed by atoms with van der Waals surface area (Å²) in [5, 5.41) is 2.73. The van der Waals surface area contributed by atoms with Crippen molar-refractivity contribution in [3.8, 4) is 0 Å². The normalized spacial score (nSPS) is 24.9. The van der Waals surface area contributed by atoms with E-state index in [2.05, 4.69) is 26.1 Å². The Bertz CT molecular complexity index is 654.